The van der Waals surface area contributed by atoms with Crippen LogP contribution >= 0.6 is 0 Å². The summed E-state index contributed by atoms with van der Waals surface area (Å²) in [6.07, 6.45) is 3.23. The fourth-order valence-corrected chi connectivity index (χ4v) is 1.91. The number of piperidine rings is 1. The van der Waals surface area contributed by atoms with E-state index in [9.17, 15) is 4.79 Å². The number of likely N-dealkylation sites (tertiary alicyclic amines) is 1. The Morgan fingerprint density at radius 3 is 3.08 bits per heavy atom. The molecule has 1 fully saturated rings. The van der Waals surface area contributed by atoms with E-state index < -0.39 is 0 Å². The van der Waals surface area contributed by atoms with Crippen molar-refractivity contribution in [1.82, 2.24) is 10.3 Å². The molecular formula is C9H19N3O. The molecule has 76 valence electrons. The van der Waals surface area contributed by atoms with Gasteiger partial charge in [0.2, 0.25) is 5.91 Å². The molecule has 0 aromatic rings. The Morgan fingerprint density at radius 2 is 2.46 bits per heavy atom. The van der Waals surface area contributed by atoms with E-state index in [-0.39, 0.29) is 11.8 Å². The number of rotatable bonds is 3. The van der Waals surface area contributed by atoms with Gasteiger partial charge in [-0.15, -0.1) is 0 Å². The number of carbonyl (C=O) groups is 1. The van der Waals surface area contributed by atoms with Crippen LogP contribution in [0.2, 0.25) is 0 Å². The number of nitrogens with two attached hydrogens (primary N) is 1. The smallest absolute Gasteiger partial charge is 0.238 e. The molecule has 13 heavy (non-hydrogen) atoms. The van der Waals surface area contributed by atoms with Gasteiger partial charge in [0, 0.05) is 6.54 Å². The highest BCUT2D eigenvalue weighted by molar-refractivity contribution is 5.78. The highest BCUT2D eigenvalue weighted by Crippen LogP contribution is 2.16. The van der Waals surface area contributed by atoms with E-state index in [1.54, 1.807) is 0 Å². The van der Waals surface area contributed by atoms with Crippen molar-refractivity contribution in [3.05, 3.63) is 0 Å². The number of nitrogens with zero attached hydrogens (tertiary/aromatic N) is 1. The second kappa shape index (κ2) is 5.19. The first-order chi connectivity index (χ1) is 6.27. The summed E-state index contributed by atoms with van der Waals surface area (Å²) in [5, 5.41) is 0. The van der Waals surface area contributed by atoms with Crippen LogP contribution in [0.4, 0.5) is 0 Å². The molecule has 0 aromatic heterocycles. The number of hydrogen-bond acceptors (Lipinski definition) is 3. The van der Waals surface area contributed by atoms with E-state index >= 15 is 0 Å². The van der Waals surface area contributed by atoms with Gasteiger partial charge in [0.1, 0.15) is 0 Å². The van der Waals surface area contributed by atoms with Crippen molar-refractivity contribution >= 4 is 5.91 Å². The fraction of sp³-hybridized carbons (Fsp3) is 0.889. The topological polar surface area (TPSA) is 58.4 Å². The van der Waals surface area contributed by atoms with Crippen molar-refractivity contribution in [3.63, 3.8) is 0 Å². The molecule has 1 aliphatic heterocycles. The molecule has 1 saturated heterocycles. The van der Waals surface area contributed by atoms with Gasteiger partial charge >= 0.3 is 0 Å². The number of nitrogens with one attached hydrogen (secondary N) is 1. The molecule has 1 amide bonds. The SMILES string of the molecule is CCCN1CCCC(C(=O)NN)C1. The van der Waals surface area contributed by atoms with Crippen LogP contribution in [0.15, 0.2) is 0 Å². The number of hydrogen-bond donors (Lipinski definition) is 2. The standard InChI is InChI=1S/C9H19N3O/c1-2-5-12-6-3-4-8(7-12)9(13)11-10/h8H,2-7,10H2,1H3,(H,11,13). The van der Waals surface area contributed by atoms with Gasteiger partial charge in [-0.25, -0.2) is 5.84 Å². The van der Waals surface area contributed by atoms with Gasteiger partial charge in [0.05, 0.1) is 5.92 Å². The average Bonchev–Trinajstić information content (AvgIpc) is 2.18. The lowest BCUT2D eigenvalue weighted by Crippen LogP contribution is -2.45. The minimum absolute atomic E-state index is 0.0131. The van der Waals surface area contributed by atoms with E-state index in [1.807, 2.05) is 0 Å². The normalized spacial score (nSPS) is 24.3. The summed E-state index contributed by atoms with van der Waals surface area (Å²) in [5.41, 5.74) is 2.23. The van der Waals surface area contributed by atoms with E-state index in [4.69, 9.17) is 5.84 Å². The molecule has 1 rings (SSSR count). The Kier molecular flexibility index (Phi) is 4.18. The van der Waals surface area contributed by atoms with Crippen LogP contribution in [0.3, 0.4) is 0 Å². The van der Waals surface area contributed by atoms with E-state index in [2.05, 4.69) is 17.2 Å². The number of carbonyl (C=O) groups excluding carboxylic acids is 1. The number of amides is 1. The van der Waals surface area contributed by atoms with Gasteiger partial charge in [-0.1, -0.05) is 6.92 Å². The summed E-state index contributed by atoms with van der Waals surface area (Å²) < 4.78 is 0. The van der Waals surface area contributed by atoms with Gasteiger partial charge in [-0.2, -0.15) is 0 Å². The molecule has 1 atom stereocenters. The van der Waals surface area contributed by atoms with E-state index in [1.165, 1.54) is 0 Å². The maximum atomic E-state index is 11.3. The Balaban J connectivity index is 2.37. The van der Waals surface area contributed by atoms with Crippen molar-refractivity contribution in [2.45, 2.75) is 26.2 Å². The molecule has 1 heterocycles. The Morgan fingerprint density at radius 1 is 1.69 bits per heavy atom. The van der Waals surface area contributed by atoms with Gasteiger partial charge in [0.15, 0.2) is 0 Å². The van der Waals surface area contributed by atoms with Crippen molar-refractivity contribution in [2.24, 2.45) is 11.8 Å². The molecule has 3 N–H and O–H groups in total. The van der Waals surface area contributed by atoms with Gasteiger partial charge in [-0.05, 0) is 32.4 Å². The van der Waals surface area contributed by atoms with Crippen LogP contribution in [-0.2, 0) is 4.79 Å². The van der Waals surface area contributed by atoms with Crippen LogP contribution in [-0.4, -0.2) is 30.4 Å². The van der Waals surface area contributed by atoms with Crippen LogP contribution < -0.4 is 11.3 Å². The lowest BCUT2D eigenvalue weighted by Gasteiger charge is -2.31. The summed E-state index contributed by atoms with van der Waals surface area (Å²) in [7, 11) is 0. The van der Waals surface area contributed by atoms with Crippen LogP contribution in [0, 0.1) is 5.92 Å². The average molecular weight is 185 g/mol. The molecule has 0 radical (unpaired) electrons. The van der Waals surface area contributed by atoms with Crippen molar-refractivity contribution in [3.8, 4) is 0 Å². The van der Waals surface area contributed by atoms with Gasteiger partial charge in [-0.3, -0.25) is 10.2 Å². The second-order valence-corrected chi connectivity index (χ2v) is 3.65. The molecule has 1 aliphatic rings. The molecule has 0 saturated carbocycles. The summed E-state index contributed by atoms with van der Waals surface area (Å²) in [4.78, 5) is 13.6. The van der Waals surface area contributed by atoms with Crippen molar-refractivity contribution < 1.29 is 4.79 Å². The molecule has 0 bridgehead atoms. The zero-order valence-electron chi connectivity index (χ0n) is 8.25. The number of hydrazine groups is 1. The van der Waals surface area contributed by atoms with Gasteiger partial charge in [0.25, 0.3) is 0 Å². The molecule has 0 spiro atoms. The molecule has 0 aliphatic carbocycles. The van der Waals surface area contributed by atoms with E-state index in [0.717, 1.165) is 38.9 Å². The second-order valence-electron chi connectivity index (χ2n) is 3.65. The first-order valence-corrected chi connectivity index (χ1v) is 5.00. The summed E-state index contributed by atoms with van der Waals surface area (Å²) in [6.45, 7) is 5.25. The predicted molar refractivity (Wildman–Crippen MR) is 51.8 cm³/mol. The molecule has 4 heteroatoms. The zero-order chi connectivity index (χ0) is 9.68. The lowest BCUT2D eigenvalue weighted by atomic mass is 9.97. The summed E-state index contributed by atoms with van der Waals surface area (Å²) in [5.74, 6) is 5.19. The first kappa shape index (κ1) is 10.5. The molecule has 0 aromatic carbocycles. The van der Waals surface area contributed by atoms with Crippen molar-refractivity contribution in [2.75, 3.05) is 19.6 Å². The molecule has 4 nitrogen and oxygen atoms in total. The highest BCUT2D eigenvalue weighted by atomic mass is 16.2. The van der Waals surface area contributed by atoms with Crippen molar-refractivity contribution in [1.29, 1.82) is 0 Å². The quantitative estimate of drug-likeness (QED) is 0.372. The molecule has 1 unspecified atom stereocenters. The monoisotopic (exact) mass is 185 g/mol. The minimum Gasteiger partial charge on any atom is -0.303 e. The lowest BCUT2D eigenvalue weighted by molar-refractivity contribution is -0.126. The third-order valence-corrected chi connectivity index (χ3v) is 2.56. The maximum Gasteiger partial charge on any atom is 0.238 e. The third kappa shape index (κ3) is 2.97. The Hall–Kier alpha value is -0.610. The van der Waals surface area contributed by atoms with Crippen LogP contribution in [0.1, 0.15) is 26.2 Å². The van der Waals surface area contributed by atoms with Crippen LogP contribution in [0.5, 0.6) is 0 Å². The fourth-order valence-electron chi connectivity index (χ4n) is 1.91. The highest BCUT2D eigenvalue weighted by Gasteiger charge is 2.24. The predicted octanol–water partition coefficient (Wildman–Crippen LogP) is 0.0983. The molecular weight excluding hydrogens is 166 g/mol. The zero-order valence-corrected chi connectivity index (χ0v) is 8.25. The minimum atomic E-state index is -0.0131. The van der Waals surface area contributed by atoms with Crippen LogP contribution in [0.25, 0.3) is 0 Å². The van der Waals surface area contributed by atoms with E-state index in [0.29, 0.717) is 0 Å². The van der Waals surface area contributed by atoms with Gasteiger partial charge < -0.3 is 4.90 Å². The maximum absolute atomic E-state index is 11.3. The summed E-state index contributed by atoms with van der Waals surface area (Å²) in [6, 6.07) is 0. The largest absolute Gasteiger partial charge is 0.303 e. The first-order valence-electron chi connectivity index (χ1n) is 5.00. The Labute approximate surface area is 79.4 Å². The summed E-state index contributed by atoms with van der Waals surface area (Å²) >= 11 is 0. The Bertz CT molecular complexity index is 170. The third-order valence-electron chi connectivity index (χ3n) is 2.56.